The Morgan fingerprint density at radius 2 is 0.860 bits per heavy atom. The van der Waals surface area contributed by atoms with Gasteiger partial charge in [-0.3, -0.25) is 39.4 Å². The Hall–Kier alpha value is -4.84. The molecule has 2 aliphatic heterocycles. The van der Waals surface area contributed by atoms with E-state index in [1.807, 2.05) is 39.8 Å². The van der Waals surface area contributed by atoms with Crippen LogP contribution in [0, 0.1) is 35.5 Å². The number of carbonyl (C=O) groups is 6. The Balaban J connectivity index is 1.50. The number of rotatable bonds is 18. The van der Waals surface area contributed by atoms with Crippen LogP contribution in [0.3, 0.4) is 0 Å². The number of esters is 4. The Kier molecular flexibility index (Phi) is 16.6. The second kappa shape index (κ2) is 21.1. The zero-order valence-electron chi connectivity index (χ0n) is 33.6. The molecule has 10 unspecified atom stereocenters. The molecule has 0 saturated carbocycles. The van der Waals surface area contributed by atoms with Crippen LogP contribution < -0.4 is 21.3 Å². The first kappa shape index (κ1) is 44.9. The summed E-state index contributed by atoms with van der Waals surface area (Å²) in [6.07, 6.45) is -1.30. The first-order valence-corrected chi connectivity index (χ1v) is 18.9. The van der Waals surface area contributed by atoms with Gasteiger partial charge >= 0.3 is 31.6 Å². The lowest BCUT2D eigenvalue weighted by Gasteiger charge is -2.27. The maximum atomic E-state index is 14.0. The van der Waals surface area contributed by atoms with Crippen molar-refractivity contribution in [1.82, 2.24) is 21.3 Å². The molecular formula is C40H54BN4O12. The van der Waals surface area contributed by atoms with Gasteiger partial charge in [0.15, 0.2) is 0 Å². The normalized spacial score (nSPS) is 25.2. The van der Waals surface area contributed by atoms with E-state index in [-0.39, 0.29) is 11.8 Å². The van der Waals surface area contributed by atoms with E-state index in [1.54, 1.807) is 48.5 Å². The first-order valence-electron chi connectivity index (χ1n) is 18.9. The average molecular weight is 794 g/mol. The van der Waals surface area contributed by atoms with Crippen LogP contribution in [0.1, 0.15) is 63.7 Å². The number of amides is 2. The van der Waals surface area contributed by atoms with Crippen LogP contribution in [0.15, 0.2) is 60.7 Å². The second-order valence-corrected chi connectivity index (χ2v) is 14.9. The maximum absolute atomic E-state index is 14.0. The highest BCUT2D eigenvalue weighted by Crippen LogP contribution is 2.40. The Labute approximate surface area is 334 Å². The fourth-order valence-electron chi connectivity index (χ4n) is 7.53. The van der Waals surface area contributed by atoms with E-state index in [1.165, 1.54) is 28.4 Å². The zero-order chi connectivity index (χ0) is 41.8. The summed E-state index contributed by atoms with van der Waals surface area (Å²) in [6, 6.07) is 14.0. The Bertz CT molecular complexity index is 1560. The van der Waals surface area contributed by atoms with Crippen LogP contribution in [-0.2, 0) is 57.0 Å². The molecule has 2 amide bonds. The summed E-state index contributed by atoms with van der Waals surface area (Å²) < 4.78 is 32.1. The standard InChI is InChI=1S/C40H54BN4O12/c1-21(2)19-25(42-35(46)33-29(39(50)54-7)27(37(48)52-5)31(44-33)23-15-11-9-12-16-23)56-41-57-26(20-22(3)4)43-36(47)34-30(40(51)55-8)28(38(49)53-6)32(45-34)24-17-13-10-14-18-24/h9-18,21-22,25-34,44-45H,19-20H2,1-8H3,(H,42,46)(H,43,47). The number of hydrogen-bond acceptors (Lipinski definition) is 14. The highest BCUT2D eigenvalue weighted by atomic mass is 16.6. The van der Waals surface area contributed by atoms with Crippen molar-refractivity contribution in [2.45, 2.75) is 77.2 Å². The van der Waals surface area contributed by atoms with Crippen LogP contribution >= 0.6 is 0 Å². The summed E-state index contributed by atoms with van der Waals surface area (Å²) in [5, 5.41) is 12.0. The molecule has 2 aromatic carbocycles. The summed E-state index contributed by atoms with van der Waals surface area (Å²) in [7, 11) is 5.82. The highest BCUT2D eigenvalue weighted by Gasteiger charge is 2.56. The molecule has 2 aliphatic rings. The van der Waals surface area contributed by atoms with Crippen LogP contribution in [0.4, 0.5) is 0 Å². The summed E-state index contributed by atoms with van der Waals surface area (Å²) in [5.74, 6) is -8.70. The monoisotopic (exact) mass is 793 g/mol. The number of benzene rings is 2. The fraction of sp³-hybridized carbons (Fsp3) is 0.550. The summed E-state index contributed by atoms with van der Waals surface area (Å²) >= 11 is 0. The predicted octanol–water partition coefficient (Wildman–Crippen LogP) is 2.11. The van der Waals surface area contributed by atoms with Gasteiger partial charge in [0.2, 0.25) is 11.8 Å². The number of ether oxygens (including phenoxy) is 4. The van der Waals surface area contributed by atoms with Gasteiger partial charge in [-0.15, -0.1) is 0 Å². The smallest absolute Gasteiger partial charge is 0.469 e. The molecule has 0 bridgehead atoms. The lowest BCUT2D eigenvalue weighted by atomic mass is 9.84. The van der Waals surface area contributed by atoms with E-state index in [4.69, 9.17) is 28.3 Å². The van der Waals surface area contributed by atoms with E-state index < -0.39 is 96.0 Å². The quantitative estimate of drug-likeness (QED) is 0.0739. The summed E-state index contributed by atoms with van der Waals surface area (Å²) in [5.41, 5.74) is 1.35. The lowest BCUT2D eigenvalue weighted by Crippen LogP contribution is -2.52. The number of nitrogens with one attached hydrogen (secondary N) is 4. The van der Waals surface area contributed by atoms with Gasteiger partial charge in [0.05, 0.1) is 52.1 Å². The van der Waals surface area contributed by atoms with Crippen molar-refractivity contribution in [3.8, 4) is 0 Å². The SMILES string of the molecule is COC(=O)C1C(C(=O)NC(CC(C)C)O[B]OC(CC(C)C)NC(=O)C2NC(c3ccccc3)C(C(=O)OC)C2C(=O)OC)NC(c2ccccc2)C1C(=O)OC. The molecule has 57 heavy (non-hydrogen) atoms. The third kappa shape index (κ3) is 11.2. The molecule has 16 nitrogen and oxygen atoms in total. The second-order valence-electron chi connectivity index (χ2n) is 14.9. The number of carbonyl (C=O) groups excluding carboxylic acids is 6. The van der Waals surface area contributed by atoms with Crippen molar-refractivity contribution >= 4 is 43.4 Å². The van der Waals surface area contributed by atoms with Gasteiger partial charge < -0.3 is 38.9 Å². The molecule has 2 fully saturated rings. The minimum Gasteiger partial charge on any atom is -0.469 e. The van der Waals surface area contributed by atoms with Gasteiger partial charge in [-0.05, 0) is 35.8 Å². The summed E-state index contributed by atoms with van der Waals surface area (Å²) in [6.45, 7) is 7.69. The minimum absolute atomic E-state index is 0.0201. The van der Waals surface area contributed by atoms with E-state index in [9.17, 15) is 28.8 Å². The maximum Gasteiger partial charge on any atom is 0.491 e. The van der Waals surface area contributed by atoms with Gasteiger partial charge in [0, 0.05) is 12.1 Å². The van der Waals surface area contributed by atoms with Crippen molar-refractivity contribution in [1.29, 1.82) is 0 Å². The van der Waals surface area contributed by atoms with E-state index in [0.29, 0.717) is 24.0 Å². The third-order valence-corrected chi connectivity index (χ3v) is 10.1. The van der Waals surface area contributed by atoms with Crippen molar-refractivity contribution in [3.63, 3.8) is 0 Å². The van der Waals surface area contributed by atoms with Gasteiger partial charge in [-0.2, -0.15) is 0 Å². The number of hydrogen-bond donors (Lipinski definition) is 4. The molecule has 0 aliphatic carbocycles. The van der Waals surface area contributed by atoms with E-state index >= 15 is 0 Å². The third-order valence-electron chi connectivity index (χ3n) is 10.1. The largest absolute Gasteiger partial charge is 0.491 e. The molecular weight excluding hydrogens is 739 g/mol. The molecule has 0 aromatic heterocycles. The molecule has 1 radical (unpaired) electrons. The van der Waals surface area contributed by atoms with Crippen LogP contribution in [0.2, 0.25) is 0 Å². The van der Waals surface area contributed by atoms with E-state index in [0.717, 1.165) is 7.69 Å². The van der Waals surface area contributed by atoms with Crippen molar-refractivity contribution in [2.75, 3.05) is 28.4 Å². The molecule has 0 spiro atoms. The van der Waals surface area contributed by atoms with Crippen molar-refractivity contribution in [3.05, 3.63) is 71.8 Å². The predicted molar refractivity (Wildman–Crippen MR) is 205 cm³/mol. The molecule has 2 saturated heterocycles. The average Bonchev–Trinajstić information content (AvgIpc) is 3.81. The molecule has 10 atom stereocenters. The van der Waals surface area contributed by atoms with Gasteiger partial charge in [-0.25, -0.2) is 0 Å². The van der Waals surface area contributed by atoms with Crippen molar-refractivity contribution in [2.24, 2.45) is 35.5 Å². The lowest BCUT2D eigenvalue weighted by molar-refractivity contribution is -0.157. The Morgan fingerprint density at radius 1 is 0.544 bits per heavy atom. The van der Waals surface area contributed by atoms with Crippen LogP contribution in [0.5, 0.6) is 0 Å². The highest BCUT2D eigenvalue weighted by molar-refractivity contribution is 6.18. The molecule has 4 N–H and O–H groups in total. The fourth-order valence-corrected chi connectivity index (χ4v) is 7.53. The van der Waals surface area contributed by atoms with Crippen molar-refractivity contribution < 1.29 is 57.0 Å². The van der Waals surface area contributed by atoms with Gasteiger partial charge in [0.25, 0.3) is 0 Å². The van der Waals surface area contributed by atoms with Gasteiger partial charge in [0.1, 0.15) is 24.5 Å². The zero-order valence-corrected chi connectivity index (χ0v) is 33.6. The molecule has 2 aromatic rings. The molecule has 4 rings (SSSR count). The van der Waals surface area contributed by atoms with E-state index in [2.05, 4.69) is 21.3 Å². The minimum atomic E-state index is -1.23. The Morgan fingerprint density at radius 3 is 1.16 bits per heavy atom. The molecule has 17 heteroatoms. The summed E-state index contributed by atoms with van der Waals surface area (Å²) in [4.78, 5) is 80.4. The molecule has 2 heterocycles. The van der Waals surface area contributed by atoms with Crippen LogP contribution in [-0.4, -0.2) is 96.4 Å². The van der Waals surface area contributed by atoms with Crippen LogP contribution in [0.25, 0.3) is 0 Å². The topological polar surface area (TPSA) is 206 Å². The molecule has 309 valence electrons. The first-order chi connectivity index (χ1) is 27.3. The van der Waals surface area contributed by atoms with Gasteiger partial charge in [-0.1, -0.05) is 88.4 Å². The number of methoxy groups -OCH3 is 4.